The first-order valence-corrected chi connectivity index (χ1v) is 11.1. The van der Waals surface area contributed by atoms with E-state index in [1.54, 1.807) is 0 Å². The first-order chi connectivity index (χ1) is 12.7. The van der Waals surface area contributed by atoms with Crippen molar-refractivity contribution in [2.75, 3.05) is 0 Å². The van der Waals surface area contributed by atoms with Crippen LogP contribution >= 0.6 is 0 Å². The smallest absolute Gasteiger partial charge is 0.117 e. The Balaban J connectivity index is 0. The van der Waals surface area contributed by atoms with E-state index in [0.717, 1.165) is 19.3 Å². The molecule has 0 aromatic heterocycles. The van der Waals surface area contributed by atoms with Gasteiger partial charge < -0.3 is 15.0 Å². The summed E-state index contributed by atoms with van der Waals surface area (Å²) in [5.74, 6) is -1.34. The Morgan fingerprint density at radius 3 is 1.37 bits per heavy atom. The summed E-state index contributed by atoms with van der Waals surface area (Å²) in [4.78, 5) is 10.3. The zero-order valence-corrected chi connectivity index (χ0v) is 18.5. The molecule has 0 aliphatic carbocycles. The van der Waals surface area contributed by atoms with Gasteiger partial charge in [-0.15, -0.1) is 0 Å². The number of quaternary nitrogens is 1. The fourth-order valence-electron chi connectivity index (χ4n) is 2.65. The molecule has 0 radical (unpaired) electrons. The highest BCUT2D eigenvalue weighted by Crippen LogP contribution is 2.13. The van der Waals surface area contributed by atoms with Gasteiger partial charge in [0.2, 0.25) is 0 Å². The summed E-state index contributed by atoms with van der Waals surface area (Å²) in [5.41, 5.74) is 1.16. The summed E-state index contributed by atoms with van der Waals surface area (Å²) in [6.45, 7) is 8.07. The molecule has 0 aromatic rings. The normalized spacial score (nSPS) is 12.4. The lowest BCUT2D eigenvalue weighted by molar-refractivity contribution is -0.929. The summed E-state index contributed by atoms with van der Waals surface area (Å²) < 4.78 is 0. The fourth-order valence-corrected chi connectivity index (χ4v) is 2.65. The maximum atomic E-state index is 10.3. The third-order valence-corrected chi connectivity index (χ3v) is 4.49. The average molecular weight is 390 g/mol. The number of carboxylic acids is 1. The number of nitrogens with two attached hydrogens (primary N) is 1. The van der Waals surface area contributed by atoms with Crippen molar-refractivity contribution in [3.63, 3.8) is 0 Å². The molecule has 0 aliphatic heterocycles. The van der Waals surface area contributed by atoms with E-state index in [0.29, 0.717) is 6.42 Å². The second kappa shape index (κ2) is 20.1. The minimum atomic E-state index is -1.34. The molecule has 0 amide bonds. The Morgan fingerprint density at radius 2 is 1.11 bits per heavy atom. The molecule has 5 heteroatoms. The number of hydrogen-bond acceptors (Lipinski definition) is 4. The minimum absolute atomic E-state index is 0.0278. The topological polar surface area (TPSA) is 97.2 Å². The second-order valence-electron chi connectivity index (χ2n) is 8.71. The van der Waals surface area contributed by atoms with Crippen LogP contribution in [0, 0.1) is 0 Å². The van der Waals surface area contributed by atoms with Gasteiger partial charge in [-0.2, -0.15) is 5.48 Å². The van der Waals surface area contributed by atoms with Crippen molar-refractivity contribution in [3.8, 4) is 0 Å². The molecule has 0 fully saturated rings. The van der Waals surface area contributed by atoms with Crippen molar-refractivity contribution in [1.29, 1.82) is 0 Å². The molecule has 0 heterocycles. The highest BCUT2D eigenvalue weighted by atomic mass is 16.5. The monoisotopic (exact) mass is 389 g/mol. The average Bonchev–Trinajstić information content (AvgIpc) is 2.61. The van der Waals surface area contributed by atoms with E-state index in [9.17, 15) is 9.90 Å². The molecule has 0 spiro atoms. The van der Waals surface area contributed by atoms with Crippen molar-refractivity contribution in [2.45, 2.75) is 136 Å². The number of hydroxylamine groups is 1. The quantitative estimate of drug-likeness (QED) is 0.277. The fraction of sp³-hybridized carbons (Fsp3) is 0.955. The molecule has 164 valence electrons. The minimum Gasteiger partial charge on any atom is -0.547 e. The number of carboxylic acid groups (broad SMARTS) is 1. The Morgan fingerprint density at radius 1 is 0.815 bits per heavy atom. The number of rotatable bonds is 16. The van der Waals surface area contributed by atoms with E-state index >= 15 is 0 Å². The van der Waals surface area contributed by atoms with Gasteiger partial charge in [0.05, 0.1) is 12.1 Å². The van der Waals surface area contributed by atoms with Crippen LogP contribution in [0.3, 0.4) is 0 Å². The highest BCUT2D eigenvalue weighted by Gasteiger charge is 2.09. The van der Waals surface area contributed by atoms with Crippen molar-refractivity contribution >= 4 is 5.97 Å². The van der Waals surface area contributed by atoms with E-state index in [1.165, 1.54) is 76.1 Å². The van der Waals surface area contributed by atoms with Gasteiger partial charge in [0, 0.05) is 0 Å². The van der Waals surface area contributed by atoms with Crippen LogP contribution in [0.5, 0.6) is 0 Å². The molecule has 4 N–H and O–H groups in total. The maximum absolute atomic E-state index is 10.3. The number of unbranched alkanes of at least 4 members (excludes halogenated alkanes) is 13. The second-order valence-corrected chi connectivity index (χ2v) is 8.71. The van der Waals surface area contributed by atoms with Gasteiger partial charge in [0.25, 0.3) is 0 Å². The van der Waals surface area contributed by atoms with Crippen LogP contribution in [0.2, 0.25) is 0 Å². The Labute approximate surface area is 167 Å². The highest BCUT2D eigenvalue weighted by molar-refractivity contribution is 5.69. The summed E-state index contributed by atoms with van der Waals surface area (Å²) in [7, 11) is 0. The lowest BCUT2D eigenvalue weighted by atomic mass is 10.0. The summed E-state index contributed by atoms with van der Waals surface area (Å²) >= 11 is 0. The molecular formula is C22H47NO4. The molecule has 0 saturated carbocycles. The van der Waals surface area contributed by atoms with Gasteiger partial charge in [0.1, 0.15) is 5.54 Å². The summed E-state index contributed by atoms with van der Waals surface area (Å²) in [6, 6.07) is 0. The Bertz CT molecular complexity index is 316. The van der Waals surface area contributed by atoms with Gasteiger partial charge in [-0.3, -0.25) is 0 Å². The lowest BCUT2D eigenvalue weighted by Gasteiger charge is -2.10. The zero-order valence-electron chi connectivity index (χ0n) is 18.5. The van der Waals surface area contributed by atoms with Gasteiger partial charge in [0.15, 0.2) is 0 Å². The Hall–Kier alpha value is -0.650. The number of aliphatic carboxylic acids is 1. The number of aliphatic hydroxyl groups excluding tert-OH is 1. The van der Waals surface area contributed by atoms with E-state index in [1.807, 2.05) is 20.8 Å². The molecular weight excluding hydrogens is 342 g/mol. The van der Waals surface area contributed by atoms with Crippen molar-refractivity contribution in [3.05, 3.63) is 0 Å². The number of carbonyl (C=O) groups excluding carboxylic acids is 1. The van der Waals surface area contributed by atoms with Crippen LogP contribution in [0.4, 0.5) is 0 Å². The largest absolute Gasteiger partial charge is 0.547 e. The predicted molar refractivity (Wildman–Crippen MR) is 109 cm³/mol. The van der Waals surface area contributed by atoms with E-state index < -0.39 is 12.1 Å². The lowest BCUT2D eigenvalue weighted by Crippen LogP contribution is -2.91. The predicted octanol–water partition coefficient (Wildman–Crippen LogP) is 3.71. The third kappa shape index (κ3) is 27.7. The number of carbonyl (C=O) groups is 1. The molecule has 0 aliphatic rings. The molecule has 1 unspecified atom stereocenters. The molecule has 0 rings (SSSR count). The third-order valence-electron chi connectivity index (χ3n) is 4.49. The van der Waals surface area contributed by atoms with Crippen molar-refractivity contribution in [1.82, 2.24) is 0 Å². The Kier molecular flexibility index (Phi) is 21.3. The molecule has 0 aromatic carbocycles. The van der Waals surface area contributed by atoms with E-state index in [2.05, 4.69) is 6.92 Å². The van der Waals surface area contributed by atoms with Crippen LogP contribution in [-0.2, 0) is 4.79 Å². The van der Waals surface area contributed by atoms with E-state index in [4.69, 9.17) is 10.3 Å². The van der Waals surface area contributed by atoms with Crippen LogP contribution in [0.15, 0.2) is 0 Å². The standard InChI is InChI=1S/C18H36O3.C4H11NO/c1-2-3-4-5-6-7-8-9-10-11-12-13-14-15-16-17(19)18(20)21;1-4(2,3)5-6/h17,19H,2-16H2,1H3,(H,20,21);5-6H,1-3H3. The van der Waals surface area contributed by atoms with Crippen LogP contribution in [-0.4, -0.2) is 27.9 Å². The van der Waals surface area contributed by atoms with Crippen molar-refractivity contribution in [2.24, 2.45) is 0 Å². The van der Waals surface area contributed by atoms with Crippen LogP contribution < -0.4 is 10.6 Å². The first-order valence-electron chi connectivity index (χ1n) is 11.1. The summed E-state index contributed by atoms with van der Waals surface area (Å²) in [5, 5.41) is 27.6. The van der Waals surface area contributed by atoms with Crippen LogP contribution in [0.1, 0.15) is 124 Å². The molecule has 1 atom stereocenters. The van der Waals surface area contributed by atoms with E-state index in [-0.39, 0.29) is 5.54 Å². The number of aliphatic hydroxyl groups is 1. The first kappa shape index (κ1) is 28.6. The van der Waals surface area contributed by atoms with Crippen LogP contribution in [0.25, 0.3) is 0 Å². The molecule has 0 bridgehead atoms. The van der Waals surface area contributed by atoms with Crippen molar-refractivity contribution < 1.29 is 25.7 Å². The number of hydrogen-bond donors (Lipinski definition) is 3. The van der Waals surface area contributed by atoms with Gasteiger partial charge in [-0.25, -0.2) is 5.21 Å². The SMILES string of the molecule is CC(C)(C)[NH2+]O.CCCCCCCCCCCCCCCCC(O)C(=O)[O-]. The summed E-state index contributed by atoms with van der Waals surface area (Å²) in [6.07, 6.45) is 16.9. The molecule has 0 saturated heterocycles. The molecule has 5 nitrogen and oxygen atoms in total. The molecule has 27 heavy (non-hydrogen) atoms. The zero-order chi connectivity index (χ0) is 21.0. The van der Waals surface area contributed by atoms with Gasteiger partial charge >= 0.3 is 0 Å². The van der Waals surface area contributed by atoms with Gasteiger partial charge in [-0.05, 0) is 27.2 Å². The maximum Gasteiger partial charge on any atom is 0.117 e. The van der Waals surface area contributed by atoms with Gasteiger partial charge in [-0.1, -0.05) is 96.8 Å².